The fourth-order valence-corrected chi connectivity index (χ4v) is 1.40. The first-order valence-electron chi connectivity index (χ1n) is 4.08. The third-order valence-electron chi connectivity index (χ3n) is 1.92. The standard InChI is InChI=1S/C9H8ClN3O/c10-5-1-7-6(12-4-5)2-8(13-7)9(14)3-11/h1-2,4,13H,3,11H2. The van der Waals surface area contributed by atoms with Crippen LogP contribution in [-0.4, -0.2) is 22.3 Å². The predicted molar refractivity (Wildman–Crippen MR) is 54.5 cm³/mol. The van der Waals surface area contributed by atoms with E-state index in [4.69, 9.17) is 17.3 Å². The van der Waals surface area contributed by atoms with Crippen molar-refractivity contribution in [3.63, 3.8) is 0 Å². The van der Waals surface area contributed by atoms with Gasteiger partial charge in [0.1, 0.15) is 0 Å². The highest BCUT2D eigenvalue weighted by Gasteiger charge is 2.08. The van der Waals surface area contributed by atoms with Crippen molar-refractivity contribution >= 4 is 28.4 Å². The highest BCUT2D eigenvalue weighted by Crippen LogP contribution is 2.17. The van der Waals surface area contributed by atoms with Gasteiger partial charge in [-0.15, -0.1) is 0 Å². The zero-order valence-electron chi connectivity index (χ0n) is 7.25. The Morgan fingerprint density at radius 2 is 2.36 bits per heavy atom. The van der Waals surface area contributed by atoms with Gasteiger partial charge in [-0.2, -0.15) is 0 Å². The number of carbonyl (C=O) groups excluding carboxylic acids is 1. The summed E-state index contributed by atoms with van der Waals surface area (Å²) in [5.74, 6) is -0.140. The summed E-state index contributed by atoms with van der Waals surface area (Å²) < 4.78 is 0. The zero-order valence-corrected chi connectivity index (χ0v) is 8.01. The zero-order chi connectivity index (χ0) is 10.1. The van der Waals surface area contributed by atoms with Gasteiger partial charge in [0.05, 0.1) is 28.3 Å². The Morgan fingerprint density at radius 3 is 3.07 bits per heavy atom. The van der Waals surface area contributed by atoms with Crippen LogP contribution in [0.5, 0.6) is 0 Å². The second kappa shape index (κ2) is 3.40. The van der Waals surface area contributed by atoms with Crippen molar-refractivity contribution in [2.75, 3.05) is 6.54 Å². The van der Waals surface area contributed by atoms with E-state index in [1.165, 1.54) is 6.20 Å². The van der Waals surface area contributed by atoms with Gasteiger partial charge in [-0.1, -0.05) is 11.6 Å². The first-order chi connectivity index (χ1) is 6.70. The minimum atomic E-state index is -0.140. The van der Waals surface area contributed by atoms with Crippen molar-refractivity contribution < 1.29 is 4.79 Å². The molecule has 0 fully saturated rings. The van der Waals surface area contributed by atoms with Crippen molar-refractivity contribution in [3.8, 4) is 0 Å². The van der Waals surface area contributed by atoms with Gasteiger partial charge >= 0.3 is 0 Å². The van der Waals surface area contributed by atoms with Crippen molar-refractivity contribution in [1.82, 2.24) is 9.97 Å². The molecule has 2 rings (SSSR count). The monoisotopic (exact) mass is 209 g/mol. The lowest BCUT2D eigenvalue weighted by molar-refractivity contribution is 0.0997. The molecule has 0 unspecified atom stereocenters. The largest absolute Gasteiger partial charge is 0.351 e. The molecule has 0 saturated carbocycles. The van der Waals surface area contributed by atoms with Crippen molar-refractivity contribution in [2.24, 2.45) is 5.73 Å². The molecule has 2 aromatic rings. The third-order valence-corrected chi connectivity index (χ3v) is 2.13. The molecule has 0 aromatic carbocycles. The normalized spacial score (nSPS) is 10.7. The van der Waals surface area contributed by atoms with E-state index in [0.717, 1.165) is 5.52 Å². The summed E-state index contributed by atoms with van der Waals surface area (Å²) in [5, 5.41) is 0.533. The molecule has 0 spiro atoms. The topological polar surface area (TPSA) is 71.8 Å². The maximum atomic E-state index is 11.3. The molecule has 5 heteroatoms. The Morgan fingerprint density at radius 1 is 1.57 bits per heavy atom. The number of fused-ring (bicyclic) bond motifs is 1. The van der Waals surface area contributed by atoms with Gasteiger partial charge in [0, 0.05) is 6.20 Å². The molecule has 0 bridgehead atoms. The van der Waals surface area contributed by atoms with Crippen LogP contribution in [0.3, 0.4) is 0 Å². The summed E-state index contributed by atoms with van der Waals surface area (Å²) in [7, 11) is 0. The second-order valence-corrected chi connectivity index (χ2v) is 3.33. The molecule has 72 valence electrons. The minimum absolute atomic E-state index is 0.0133. The van der Waals surface area contributed by atoms with E-state index < -0.39 is 0 Å². The number of nitrogens with two attached hydrogens (primary N) is 1. The average Bonchev–Trinajstić information content (AvgIpc) is 2.59. The lowest BCUT2D eigenvalue weighted by atomic mass is 10.3. The number of halogens is 1. The fourth-order valence-electron chi connectivity index (χ4n) is 1.24. The summed E-state index contributed by atoms with van der Waals surface area (Å²) in [6.07, 6.45) is 1.54. The molecule has 0 radical (unpaired) electrons. The number of aromatic nitrogens is 2. The minimum Gasteiger partial charge on any atom is -0.351 e. The van der Waals surface area contributed by atoms with Gasteiger partial charge in [-0.3, -0.25) is 9.78 Å². The third kappa shape index (κ3) is 1.49. The summed E-state index contributed by atoms with van der Waals surface area (Å²) >= 11 is 5.75. The van der Waals surface area contributed by atoms with Gasteiger partial charge < -0.3 is 10.7 Å². The summed E-state index contributed by atoms with van der Waals surface area (Å²) in [5.41, 5.74) is 7.17. The van der Waals surface area contributed by atoms with Gasteiger partial charge in [0.2, 0.25) is 0 Å². The molecule has 0 aliphatic heterocycles. The van der Waals surface area contributed by atoms with E-state index >= 15 is 0 Å². The molecular weight excluding hydrogens is 202 g/mol. The van der Waals surface area contributed by atoms with Crippen LogP contribution >= 0.6 is 11.6 Å². The molecule has 0 amide bonds. The van der Waals surface area contributed by atoms with E-state index in [0.29, 0.717) is 16.2 Å². The molecule has 0 atom stereocenters. The van der Waals surface area contributed by atoms with Crippen LogP contribution in [-0.2, 0) is 0 Å². The Bertz CT molecular complexity index is 492. The van der Waals surface area contributed by atoms with Crippen LogP contribution in [0, 0.1) is 0 Å². The SMILES string of the molecule is NCC(=O)c1cc2ncc(Cl)cc2[nH]1. The van der Waals surface area contributed by atoms with Gasteiger partial charge in [-0.25, -0.2) is 0 Å². The van der Waals surface area contributed by atoms with Crippen LogP contribution in [0.25, 0.3) is 11.0 Å². The van der Waals surface area contributed by atoms with Crippen LogP contribution in [0.1, 0.15) is 10.5 Å². The molecule has 2 heterocycles. The smallest absolute Gasteiger partial charge is 0.192 e. The molecule has 3 N–H and O–H groups in total. The van der Waals surface area contributed by atoms with E-state index in [-0.39, 0.29) is 12.3 Å². The number of Topliss-reactive ketones (excluding diaryl/α,β-unsaturated/α-hetero) is 1. The Hall–Kier alpha value is -1.39. The number of hydrogen-bond donors (Lipinski definition) is 2. The van der Waals surface area contributed by atoms with Crippen LogP contribution < -0.4 is 5.73 Å². The number of nitrogens with zero attached hydrogens (tertiary/aromatic N) is 1. The number of carbonyl (C=O) groups is 1. The number of rotatable bonds is 2. The fraction of sp³-hybridized carbons (Fsp3) is 0.111. The van der Waals surface area contributed by atoms with E-state index in [1.807, 2.05) is 0 Å². The van der Waals surface area contributed by atoms with Gasteiger partial charge in [-0.05, 0) is 12.1 Å². The Kier molecular flexibility index (Phi) is 2.23. The lowest BCUT2D eigenvalue weighted by Gasteiger charge is -1.90. The molecule has 2 aromatic heterocycles. The summed E-state index contributed by atoms with van der Waals surface area (Å²) in [6, 6.07) is 3.39. The number of nitrogens with one attached hydrogen (secondary N) is 1. The van der Waals surface area contributed by atoms with E-state index in [9.17, 15) is 4.79 Å². The first kappa shape index (κ1) is 9.18. The van der Waals surface area contributed by atoms with Crippen molar-refractivity contribution in [2.45, 2.75) is 0 Å². The highest BCUT2D eigenvalue weighted by atomic mass is 35.5. The van der Waals surface area contributed by atoms with Gasteiger partial charge in [0.15, 0.2) is 5.78 Å². The molecule has 4 nitrogen and oxygen atoms in total. The summed E-state index contributed by atoms with van der Waals surface area (Å²) in [6.45, 7) is -0.0133. The predicted octanol–water partition coefficient (Wildman–Crippen LogP) is 1.36. The van der Waals surface area contributed by atoms with Crippen molar-refractivity contribution in [1.29, 1.82) is 0 Å². The molecule has 14 heavy (non-hydrogen) atoms. The van der Waals surface area contributed by atoms with Crippen LogP contribution in [0.2, 0.25) is 5.02 Å². The van der Waals surface area contributed by atoms with Crippen molar-refractivity contribution in [3.05, 3.63) is 29.0 Å². The maximum absolute atomic E-state index is 11.3. The Balaban J connectivity index is 2.56. The number of hydrogen-bond acceptors (Lipinski definition) is 3. The highest BCUT2D eigenvalue weighted by molar-refractivity contribution is 6.31. The Labute approximate surface area is 85.1 Å². The number of pyridine rings is 1. The quantitative estimate of drug-likeness (QED) is 0.734. The molecule has 0 saturated heterocycles. The maximum Gasteiger partial charge on any atom is 0.192 e. The first-order valence-corrected chi connectivity index (χ1v) is 4.46. The van der Waals surface area contributed by atoms with Crippen LogP contribution in [0.15, 0.2) is 18.3 Å². The average molecular weight is 210 g/mol. The number of aromatic amines is 1. The molecule has 0 aliphatic rings. The van der Waals surface area contributed by atoms with E-state index in [2.05, 4.69) is 9.97 Å². The molecular formula is C9H8ClN3O. The van der Waals surface area contributed by atoms with Crippen LogP contribution in [0.4, 0.5) is 0 Å². The second-order valence-electron chi connectivity index (χ2n) is 2.90. The lowest BCUT2D eigenvalue weighted by Crippen LogP contribution is -2.13. The van der Waals surface area contributed by atoms with E-state index in [1.54, 1.807) is 12.1 Å². The number of ketones is 1. The molecule has 0 aliphatic carbocycles. The number of H-pyrrole nitrogens is 1. The summed E-state index contributed by atoms with van der Waals surface area (Å²) in [4.78, 5) is 18.2. The van der Waals surface area contributed by atoms with Gasteiger partial charge in [0.25, 0.3) is 0 Å².